The lowest BCUT2D eigenvalue weighted by atomic mass is 9.93. The standard InChI is InChI=1S/C28H38N2O4S/c1-21-17-30(22(2)20-31)35(32,33)28-15-14-25(24-12-8-5-9-13-24)16-26(28)34-27(21)19-29(3)18-23-10-6-4-7-11-23/h4,6-7,10-12,14-16,21-22,27,31H,5,8-9,13,17-20H2,1-3H3/t21-,22+,27-/m1/s1. The molecule has 6 nitrogen and oxygen atoms in total. The number of nitrogens with zero attached hydrogens (tertiary/aromatic N) is 2. The van der Waals surface area contributed by atoms with Gasteiger partial charge in [0.05, 0.1) is 6.61 Å². The Morgan fingerprint density at radius 1 is 1.17 bits per heavy atom. The summed E-state index contributed by atoms with van der Waals surface area (Å²) < 4.78 is 35.4. The maximum atomic E-state index is 13.7. The van der Waals surface area contributed by atoms with E-state index in [9.17, 15) is 13.5 Å². The Morgan fingerprint density at radius 2 is 1.94 bits per heavy atom. The average molecular weight is 499 g/mol. The van der Waals surface area contributed by atoms with Gasteiger partial charge in [0.2, 0.25) is 10.0 Å². The number of fused-ring (bicyclic) bond motifs is 1. The summed E-state index contributed by atoms with van der Waals surface area (Å²) in [5, 5.41) is 9.85. The molecule has 0 amide bonds. The van der Waals surface area contributed by atoms with Crippen molar-refractivity contribution in [3.8, 4) is 5.75 Å². The number of benzene rings is 2. The van der Waals surface area contributed by atoms with Crippen molar-refractivity contribution >= 4 is 15.6 Å². The molecule has 35 heavy (non-hydrogen) atoms. The van der Waals surface area contributed by atoms with Gasteiger partial charge in [-0.25, -0.2) is 8.42 Å². The first-order valence-corrected chi connectivity index (χ1v) is 14.1. The predicted molar refractivity (Wildman–Crippen MR) is 140 cm³/mol. The third kappa shape index (κ3) is 5.97. The number of aliphatic hydroxyl groups excluding tert-OH is 1. The molecule has 2 aromatic carbocycles. The first-order valence-electron chi connectivity index (χ1n) is 12.6. The molecule has 0 aromatic heterocycles. The molecule has 2 aliphatic rings. The van der Waals surface area contributed by atoms with Crippen LogP contribution in [0.25, 0.3) is 5.57 Å². The fraction of sp³-hybridized carbons (Fsp3) is 0.500. The van der Waals surface area contributed by atoms with Crippen molar-refractivity contribution in [1.29, 1.82) is 0 Å². The highest BCUT2D eigenvalue weighted by Crippen LogP contribution is 2.37. The second kappa shape index (κ2) is 11.2. The zero-order valence-electron chi connectivity index (χ0n) is 21.1. The fourth-order valence-corrected chi connectivity index (χ4v) is 6.84. The minimum absolute atomic E-state index is 0.0669. The Balaban J connectivity index is 1.69. The van der Waals surface area contributed by atoms with Crippen molar-refractivity contribution in [2.24, 2.45) is 5.92 Å². The number of likely N-dealkylation sites (N-methyl/N-ethyl adjacent to an activating group) is 1. The first-order chi connectivity index (χ1) is 16.8. The Labute approximate surface area is 210 Å². The number of aliphatic hydroxyl groups is 1. The van der Waals surface area contributed by atoms with Crippen LogP contribution in [0, 0.1) is 5.92 Å². The molecule has 1 N–H and O–H groups in total. The minimum atomic E-state index is -3.82. The van der Waals surface area contributed by atoms with E-state index < -0.39 is 16.1 Å². The van der Waals surface area contributed by atoms with Crippen LogP contribution >= 0.6 is 0 Å². The smallest absolute Gasteiger partial charge is 0.247 e. The van der Waals surface area contributed by atoms with E-state index >= 15 is 0 Å². The van der Waals surface area contributed by atoms with Crippen LogP contribution in [0.2, 0.25) is 0 Å². The number of allylic oxidation sites excluding steroid dienone is 2. The van der Waals surface area contributed by atoms with Gasteiger partial charge >= 0.3 is 0 Å². The number of rotatable bonds is 7. The van der Waals surface area contributed by atoms with Gasteiger partial charge in [-0.2, -0.15) is 4.31 Å². The summed E-state index contributed by atoms with van der Waals surface area (Å²) in [6.07, 6.45) is 6.45. The summed E-state index contributed by atoms with van der Waals surface area (Å²) in [7, 11) is -1.75. The summed E-state index contributed by atoms with van der Waals surface area (Å²) in [6.45, 7) is 5.29. The van der Waals surface area contributed by atoms with E-state index in [0.717, 1.165) is 31.4 Å². The molecule has 1 heterocycles. The molecule has 2 aromatic rings. The van der Waals surface area contributed by atoms with Crippen molar-refractivity contribution in [2.75, 3.05) is 26.7 Å². The molecule has 4 rings (SSSR count). The quantitative estimate of drug-likeness (QED) is 0.607. The fourth-order valence-electron chi connectivity index (χ4n) is 5.01. The van der Waals surface area contributed by atoms with Gasteiger partial charge in [0.25, 0.3) is 0 Å². The van der Waals surface area contributed by atoms with E-state index in [4.69, 9.17) is 4.74 Å². The SMILES string of the molecule is C[C@@H]1CN([C@@H](C)CO)S(=O)(=O)c2ccc(C3=CCCCC3)cc2O[C@@H]1CN(C)Cc1ccccc1. The van der Waals surface area contributed by atoms with E-state index in [-0.39, 0.29) is 23.5 Å². The molecule has 1 aliphatic carbocycles. The molecule has 190 valence electrons. The zero-order chi connectivity index (χ0) is 25.0. The van der Waals surface area contributed by atoms with E-state index in [2.05, 4.69) is 30.2 Å². The lowest BCUT2D eigenvalue weighted by molar-refractivity contribution is 0.0733. The Hall–Kier alpha value is -2.19. The van der Waals surface area contributed by atoms with E-state index in [0.29, 0.717) is 18.8 Å². The summed E-state index contributed by atoms with van der Waals surface area (Å²) in [6, 6.07) is 15.3. The molecule has 3 atom stereocenters. The van der Waals surface area contributed by atoms with Crippen molar-refractivity contribution in [2.45, 2.75) is 63.1 Å². The van der Waals surface area contributed by atoms with Crippen molar-refractivity contribution in [3.63, 3.8) is 0 Å². The molecule has 0 fully saturated rings. The predicted octanol–water partition coefficient (Wildman–Crippen LogP) is 4.54. The van der Waals surface area contributed by atoms with Crippen LogP contribution in [-0.4, -0.2) is 61.6 Å². The van der Waals surface area contributed by atoms with Crippen LogP contribution in [0.15, 0.2) is 59.5 Å². The van der Waals surface area contributed by atoms with E-state index in [1.54, 1.807) is 13.0 Å². The Morgan fingerprint density at radius 3 is 2.63 bits per heavy atom. The van der Waals surface area contributed by atoms with Gasteiger partial charge in [0, 0.05) is 31.6 Å². The van der Waals surface area contributed by atoms with Crippen LogP contribution in [0.3, 0.4) is 0 Å². The number of ether oxygens (including phenoxy) is 1. The topological polar surface area (TPSA) is 70.1 Å². The normalized spacial score (nSPS) is 23.5. The first kappa shape index (κ1) is 25.9. The second-order valence-corrected chi connectivity index (χ2v) is 11.9. The van der Waals surface area contributed by atoms with Crippen molar-refractivity contribution in [3.05, 3.63) is 65.7 Å². The third-order valence-electron chi connectivity index (χ3n) is 7.12. The van der Waals surface area contributed by atoms with Gasteiger partial charge in [-0.1, -0.05) is 49.4 Å². The highest BCUT2D eigenvalue weighted by Gasteiger charge is 2.38. The molecule has 7 heteroatoms. The minimum Gasteiger partial charge on any atom is -0.487 e. The lowest BCUT2D eigenvalue weighted by Gasteiger charge is -2.37. The number of hydrogen-bond acceptors (Lipinski definition) is 5. The highest BCUT2D eigenvalue weighted by atomic mass is 32.2. The van der Waals surface area contributed by atoms with Crippen LogP contribution in [-0.2, 0) is 16.6 Å². The van der Waals surface area contributed by atoms with Crippen molar-refractivity contribution in [1.82, 2.24) is 9.21 Å². The van der Waals surface area contributed by atoms with Gasteiger partial charge in [-0.15, -0.1) is 0 Å². The van der Waals surface area contributed by atoms with Crippen LogP contribution in [0.5, 0.6) is 5.75 Å². The lowest BCUT2D eigenvalue weighted by Crippen LogP contribution is -2.49. The summed E-state index contributed by atoms with van der Waals surface area (Å²) in [4.78, 5) is 2.40. The second-order valence-electron chi connectivity index (χ2n) is 10.1. The maximum Gasteiger partial charge on any atom is 0.247 e. The Bertz CT molecular complexity index is 1130. The van der Waals surface area contributed by atoms with Crippen LogP contribution < -0.4 is 4.74 Å². The molecule has 0 bridgehead atoms. The van der Waals surface area contributed by atoms with Crippen LogP contribution in [0.4, 0.5) is 0 Å². The molecule has 0 unspecified atom stereocenters. The molecular weight excluding hydrogens is 460 g/mol. The molecule has 0 saturated heterocycles. The molecule has 0 spiro atoms. The van der Waals surface area contributed by atoms with Gasteiger partial charge < -0.3 is 9.84 Å². The zero-order valence-corrected chi connectivity index (χ0v) is 21.9. The van der Waals surface area contributed by atoms with E-state index in [1.807, 2.05) is 37.3 Å². The largest absolute Gasteiger partial charge is 0.487 e. The van der Waals surface area contributed by atoms with E-state index in [1.165, 1.54) is 21.9 Å². The molecule has 0 saturated carbocycles. The summed E-state index contributed by atoms with van der Waals surface area (Å²) >= 11 is 0. The Kier molecular flexibility index (Phi) is 8.32. The van der Waals surface area contributed by atoms with Crippen LogP contribution in [0.1, 0.15) is 50.7 Å². The number of sulfonamides is 1. The van der Waals surface area contributed by atoms with Gasteiger partial charge in [-0.3, -0.25) is 4.90 Å². The maximum absolute atomic E-state index is 13.7. The highest BCUT2D eigenvalue weighted by molar-refractivity contribution is 7.89. The molecule has 0 radical (unpaired) electrons. The summed E-state index contributed by atoms with van der Waals surface area (Å²) in [5.74, 6) is 0.344. The molecular formula is C28H38N2O4S. The van der Waals surface area contributed by atoms with Gasteiger partial charge in [0.1, 0.15) is 16.7 Å². The third-order valence-corrected chi connectivity index (χ3v) is 9.14. The van der Waals surface area contributed by atoms with Gasteiger partial charge in [-0.05, 0) is 68.5 Å². The molecule has 1 aliphatic heterocycles. The monoisotopic (exact) mass is 498 g/mol. The number of hydrogen-bond donors (Lipinski definition) is 1. The average Bonchev–Trinajstić information content (AvgIpc) is 2.86. The van der Waals surface area contributed by atoms with Crippen molar-refractivity contribution < 1.29 is 18.3 Å². The van der Waals surface area contributed by atoms with Gasteiger partial charge in [0.15, 0.2) is 0 Å². The summed E-state index contributed by atoms with van der Waals surface area (Å²) in [5.41, 5.74) is 3.51.